The Morgan fingerprint density at radius 1 is 1.10 bits per heavy atom. The van der Waals surface area contributed by atoms with Gasteiger partial charge in [-0.05, 0) is 30.3 Å². The quantitative estimate of drug-likeness (QED) is 0.921. The highest BCUT2D eigenvalue weighted by Crippen LogP contribution is 2.26. The van der Waals surface area contributed by atoms with Gasteiger partial charge in [0.25, 0.3) is 0 Å². The van der Waals surface area contributed by atoms with Crippen molar-refractivity contribution in [1.29, 1.82) is 0 Å². The van der Waals surface area contributed by atoms with Crippen LogP contribution < -0.4 is 15.2 Å². The molecule has 0 fully saturated rings. The number of hydrogen-bond acceptors (Lipinski definition) is 4. The molecular formula is C14H13F3N2O2. The van der Waals surface area contributed by atoms with Crippen LogP contribution in [0.5, 0.6) is 11.5 Å². The van der Waals surface area contributed by atoms with E-state index in [0.29, 0.717) is 5.75 Å². The van der Waals surface area contributed by atoms with Crippen molar-refractivity contribution >= 4 is 0 Å². The van der Waals surface area contributed by atoms with Gasteiger partial charge in [-0.3, -0.25) is 4.98 Å². The number of alkyl halides is 3. The highest BCUT2D eigenvalue weighted by molar-refractivity contribution is 5.32. The van der Waals surface area contributed by atoms with Crippen LogP contribution in [0.3, 0.4) is 0 Å². The molecule has 1 unspecified atom stereocenters. The summed E-state index contributed by atoms with van der Waals surface area (Å²) in [7, 11) is 0. The second-order valence-corrected chi connectivity index (χ2v) is 4.15. The van der Waals surface area contributed by atoms with Crippen LogP contribution in [-0.2, 0) is 0 Å². The summed E-state index contributed by atoms with van der Waals surface area (Å²) in [6.45, 7) is 0.215. The lowest BCUT2D eigenvalue weighted by Crippen LogP contribution is -2.19. The largest absolute Gasteiger partial charge is 0.573 e. The maximum Gasteiger partial charge on any atom is 0.573 e. The first-order valence-corrected chi connectivity index (χ1v) is 6.10. The van der Waals surface area contributed by atoms with Crippen molar-refractivity contribution in [2.45, 2.75) is 12.5 Å². The van der Waals surface area contributed by atoms with Gasteiger partial charge in [-0.25, -0.2) is 0 Å². The van der Waals surface area contributed by atoms with Crippen LogP contribution in [0.15, 0.2) is 48.8 Å². The van der Waals surface area contributed by atoms with Gasteiger partial charge >= 0.3 is 6.36 Å². The number of ether oxygens (including phenoxy) is 2. The van der Waals surface area contributed by atoms with Gasteiger partial charge in [0, 0.05) is 24.5 Å². The highest BCUT2D eigenvalue weighted by atomic mass is 19.4. The Hall–Kier alpha value is -2.28. The molecule has 4 nitrogen and oxygen atoms in total. The molecule has 0 saturated heterocycles. The van der Waals surface area contributed by atoms with Crippen LogP contribution in [0.1, 0.15) is 11.7 Å². The molecule has 7 heteroatoms. The molecule has 1 heterocycles. The Balaban J connectivity index is 2.05. The molecule has 1 atom stereocenters. The van der Waals surface area contributed by atoms with Crippen LogP contribution in [0.2, 0.25) is 0 Å². The van der Waals surface area contributed by atoms with Gasteiger partial charge in [0.2, 0.25) is 0 Å². The van der Waals surface area contributed by atoms with Crippen molar-refractivity contribution in [3.05, 3.63) is 54.4 Å². The fourth-order valence-electron chi connectivity index (χ4n) is 1.70. The maximum absolute atomic E-state index is 12.1. The molecule has 112 valence electrons. The van der Waals surface area contributed by atoms with E-state index in [1.165, 1.54) is 24.3 Å². The lowest BCUT2D eigenvalue weighted by atomic mass is 10.1. The van der Waals surface area contributed by atoms with Crippen LogP contribution in [0.4, 0.5) is 13.2 Å². The molecule has 1 aromatic carbocycles. The topological polar surface area (TPSA) is 57.4 Å². The van der Waals surface area contributed by atoms with E-state index in [9.17, 15) is 13.2 Å². The van der Waals surface area contributed by atoms with Crippen LogP contribution >= 0.6 is 0 Å². The smallest absolute Gasteiger partial charge is 0.484 e. The molecule has 0 aliphatic rings. The third-order valence-corrected chi connectivity index (χ3v) is 2.61. The second-order valence-electron chi connectivity index (χ2n) is 4.15. The van der Waals surface area contributed by atoms with Crippen molar-refractivity contribution in [3.8, 4) is 11.5 Å². The predicted molar refractivity (Wildman–Crippen MR) is 69.8 cm³/mol. The second kappa shape index (κ2) is 6.45. The van der Waals surface area contributed by atoms with Crippen LogP contribution in [0.25, 0.3) is 0 Å². The molecule has 2 aromatic rings. The molecule has 2 rings (SSSR count). The molecular weight excluding hydrogens is 285 g/mol. The third-order valence-electron chi connectivity index (χ3n) is 2.61. The van der Waals surface area contributed by atoms with E-state index < -0.39 is 12.5 Å². The van der Waals surface area contributed by atoms with Gasteiger partial charge in [0.15, 0.2) is 0 Å². The summed E-state index contributed by atoms with van der Waals surface area (Å²) >= 11 is 0. The first-order chi connectivity index (χ1) is 9.98. The average molecular weight is 298 g/mol. The van der Waals surface area contributed by atoms with Gasteiger partial charge in [-0.2, -0.15) is 0 Å². The van der Waals surface area contributed by atoms with Gasteiger partial charge in [0.1, 0.15) is 17.6 Å². The molecule has 0 radical (unpaired) electrons. The fourth-order valence-corrected chi connectivity index (χ4v) is 1.70. The summed E-state index contributed by atoms with van der Waals surface area (Å²) in [4.78, 5) is 3.97. The summed E-state index contributed by atoms with van der Waals surface area (Å²) in [6.07, 6.45) is -1.88. The lowest BCUT2D eigenvalue weighted by Gasteiger charge is -2.17. The van der Waals surface area contributed by atoms with Crippen LogP contribution in [-0.4, -0.2) is 17.9 Å². The molecule has 0 bridgehead atoms. The van der Waals surface area contributed by atoms with Crippen molar-refractivity contribution in [2.75, 3.05) is 6.54 Å². The van der Waals surface area contributed by atoms with E-state index in [1.807, 2.05) is 6.07 Å². The number of nitrogens with zero attached hydrogens (tertiary/aromatic N) is 1. The average Bonchev–Trinajstić information content (AvgIpc) is 2.46. The maximum atomic E-state index is 12.1. The summed E-state index contributed by atoms with van der Waals surface area (Å²) in [5.74, 6) is 0.0874. The number of halogens is 3. The third kappa shape index (κ3) is 4.64. The van der Waals surface area contributed by atoms with Gasteiger partial charge in [-0.1, -0.05) is 6.07 Å². The lowest BCUT2D eigenvalue weighted by molar-refractivity contribution is -0.274. The summed E-state index contributed by atoms with van der Waals surface area (Å²) < 4.78 is 45.6. The van der Waals surface area contributed by atoms with E-state index in [2.05, 4.69) is 9.72 Å². The Labute approximate surface area is 119 Å². The fraction of sp³-hybridized carbons (Fsp3) is 0.214. The van der Waals surface area contributed by atoms with E-state index in [-0.39, 0.29) is 12.3 Å². The molecule has 21 heavy (non-hydrogen) atoms. The molecule has 1 aromatic heterocycles. The van der Waals surface area contributed by atoms with Crippen molar-refractivity contribution in [2.24, 2.45) is 5.73 Å². The van der Waals surface area contributed by atoms with E-state index in [0.717, 1.165) is 5.56 Å². The highest BCUT2D eigenvalue weighted by Gasteiger charge is 2.31. The Kier molecular flexibility index (Phi) is 4.64. The number of benzene rings is 1. The number of nitrogens with two attached hydrogens (primary N) is 1. The number of aromatic nitrogens is 1. The minimum atomic E-state index is -4.71. The molecule has 0 spiro atoms. The first kappa shape index (κ1) is 15.1. The molecule has 2 N–H and O–H groups in total. The predicted octanol–water partition coefficient (Wildman–Crippen LogP) is 3.06. The first-order valence-electron chi connectivity index (χ1n) is 6.10. The minimum absolute atomic E-state index is 0.215. The molecule has 0 aliphatic heterocycles. The number of hydrogen-bond donors (Lipinski definition) is 1. The van der Waals surface area contributed by atoms with Gasteiger partial charge < -0.3 is 15.2 Å². The Morgan fingerprint density at radius 2 is 1.76 bits per heavy atom. The van der Waals surface area contributed by atoms with Crippen molar-refractivity contribution in [3.63, 3.8) is 0 Å². The van der Waals surface area contributed by atoms with E-state index >= 15 is 0 Å². The zero-order valence-corrected chi connectivity index (χ0v) is 10.9. The van der Waals surface area contributed by atoms with Crippen LogP contribution in [0, 0.1) is 0 Å². The Morgan fingerprint density at radius 3 is 2.29 bits per heavy atom. The SMILES string of the molecule is NCC(Oc1ccc(OC(F)(F)F)cc1)c1cccnc1. The monoisotopic (exact) mass is 298 g/mol. The van der Waals surface area contributed by atoms with Crippen molar-refractivity contribution < 1.29 is 22.6 Å². The Bertz CT molecular complexity index is 559. The minimum Gasteiger partial charge on any atom is -0.484 e. The zero-order chi connectivity index (χ0) is 15.3. The van der Waals surface area contributed by atoms with Gasteiger partial charge in [-0.15, -0.1) is 13.2 Å². The molecule has 0 saturated carbocycles. The van der Waals surface area contributed by atoms with Crippen molar-refractivity contribution in [1.82, 2.24) is 4.98 Å². The van der Waals surface area contributed by atoms with E-state index in [1.54, 1.807) is 18.5 Å². The zero-order valence-electron chi connectivity index (χ0n) is 10.9. The number of rotatable bonds is 5. The molecule has 0 amide bonds. The summed E-state index contributed by atoms with van der Waals surface area (Å²) in [5, 5.41) is 0. The standard InChI is InChI=1S/C14H13F3N2O2/c15-14(16,17)21-12-5-3-11(4-6-12)20-13(8-18)10-2-1-7-19-9-10/h1-7,9,13H,8,18H2. The summed E-state index contributed by atoms with van der Waals surface area (Å²) in [5.41, 5.74) is 6.43. The normalized spacial score (nSPS) is 12.8. The molecule has 0 aliphatic carbocycles. The number of pyridine rings is 1. The summed E-state index contributed by atoms with van der Waals surface area (Å²) in [6, 6.07) is 8.70. The van der Waals surface area contributed by atoms with Gasteiger partial charge in [0.05, 0.1) is 0 Å². The van der Waals surface area contributed by atoms with E-state index in [4.69, 9.17) is 10.5 Å².